The molecule has 0 saturated carbocycles. The molecule has 6 N–H and O–H groups in total. The number of hydrogen-bond donors (Lipinski definition) is 5. The van der Waals surface area contributed by atoms with E-state index >= 15 is 0 Å². The van der Waals surface area contributed by atoms with Crippen molar-refractivity contribution in [2.45, 2.75) is 51.7 Å². The highest BCUT2D eigenvalue weighted by Crippen LogP contribution is 2.10. The van der Waals surface area contributed by atoms with E-state index in [9.17, 15) is 19.2 Å². The van der Waals surface area contributed by atoms with Gasteiger partial charge in [-0.2, -0.15) is 11.8 Å². The Morgan fingerprint density at radius 3 is 2.15 bits per heavy atom. The van der Waals surface area contributed by atoms with Crippen LogP contribution in [0.5, 0.6) is 0 Å². The predicted molar refractivity (Wildman–Crippen MR) is 101 cm³/mol. The Morgan fingerprint density at radius 2 is 1.69 bits per heavy atom. The molecular formula is C16H30N4O5S. The van der Waals surface area contributed by atoms with Gasteiger partial charge in [-0.25, -0.2) is 0 Å². The lowest BCUT2D eigenvalue weighted by atomic mass is 9.97. The van der Waals surface area contributed by atoms with Gasteiger partial charge in [-0.3, -0.25) is 19.2 Å². The Morgan fingerprint density at radius 1 is 1.08 bits per heavy atom. The summed E-state index contributed by atoms with van der Waals surface area (Å²) < 4.78 is 0. The summed E-state index contributed by atoms with van der Waals surface area (Å²) in [5.74, 6) is -2.28. The number of thioether (sulfide) groups is 1. The summed E-state index contributed by atoms with van der Waals surface area (Å²) in [6, 6.07) is -2.79. The summed E-state index contributed by atoms with van der Waals surface area (Å²) >= 11 is 1.52. The number of hydrogen-bond acceptors (Lipinski definition) is 6. The van der Waals surface area contributed by atoms with Crippen LogP contribution in [0.15, 0.2) is 0 Å². The highest BCUT2D eigenvalue weighted by molar-refractivity contribution is 7.98. The number of aliphatic carboxylic acids is 1. The van der Waals surface area contributed by atoms with Gasteiger partial charge in [-0.1, -0.05) is 20.3 Å². The van der Waals surface area contributed by atoms with Gasteiger partial charge >= 0.3 is 5.97 Å². The molecule has 0 aliphatic rings. The smallest absolute Gasteiger partial charge is 0.325 e. The van der Waals surface area contributed by atoms with Crippen molar-refractivity contribution in [3.63, 3.8) is 0 Å². The fourth-order valence-corrected chi connectivity index (χ4v) is 2.55. The fourth-order valence-electron chi connectivity index (χ4n) is 2.08. The zero-order chi connectivity index (χ0) is 20.3. The third-order valence-corrected chi connectivity index (χ3v) is 4.61. The molecule has 0 aliphatic carbocycles. The van der Waals surface area contributed by atoms with E-state index in [1.54, 1.807) is 6.92 Å². The van der Waals surface area contributed by atoms with Crippen LogP contribution in [-0.4, -0.2) is 65.5 Å². The number of carbonyl (C=O) groups is 4. The molecule has 0 aromatic heterocycles. The van der Waals surface area contributed by atoms with E-state index in [-0.39, 0.29) is 12.5 Å². The number of carboxylic acid groups (broad SMARTS) is 1. The minimum absolute atomic E-state index is 0.216. The second-order valence-corrected chi connectivity index (χ2v) is 7.03. The molecule has 0 rings (SSSR count). The van der Waals surface area contributed by atoms with Gasteiger partial charge in [-0.05, 0) is 31.3 Å². The van der Waals surface area contributed by atoms with Crippen molar-refractivity contribution in [1.82, 2.24) is 16.0 Å². The summed E-state index contributed by atoms with van der Waals surface area (Å²) in [6.07, 6.45) is 2.87. The molecule has 4 unspecified atom stereocenters. The van der Waals surface area contributed by atoms with Crippen LogP contribution >= 0.6 is 11.8 Å². The fraction of sp³-hybridized carbons (Fsp3) is 0.750. The van der Waals surface area contributed by atoms with Gasteiger partial charge in [0.05, 0.1) is 6.54 Å². The molecule has 0 aromatic carbocycles. The number of nitrogens with one attached hydrogen (secondary N) is 3. The van der Waals surface area contributed by atoms with E-state index in [2.05, 4.69) is 16.0 Å². The van der Waals surface area contributed by atoms with Gasteiger partial charge in [-0.15, -0.1) is 0 Å². The first kappa shape index (κ1) is 24.2. The standard InChI is InChI=1S/C16H30N4O5S/c1-5-9(2)13(15(23)18-10(3)16(24)25)20-14(22)11(6-7-26-4)19-12(21)8-17/h9-11,13H,5-8,17H2,1-4H3,(H,18,23)(H,19,21)(H,20,22)(H,24,25). The van der Waals surface area contributed by atoms with E-state index < -0.39 is 41.8 Å². The van der Waals surface area contributed by atoms with Gasteiger partial charge in [0, 0.05) is 0 Å². The van der Waals surface area contributed by atoms with Crippen LogP contribution in [0, 0.1) is 5.92 Å². The van der Waals surface area contributed by atoms with Crippen molar-refractivity contribution in [2.75, 3.05) is 18.6 Å². The number of nitrogens with two attached hydrogens (primary N) is 1. The Bertz CT molecular complexity index is 503. The van der Waals surface area contributed by atoms with Crippen LogP contribution in [0.25, 0.3) is 0 Å². The van der Waals surface area contributed by atoms with E-state index in [4.69, 9.17) is 10.8 Å². The third kappa shape index (κ3) is 8.52. The number of rotatable bonds is 12. The Hall–Kier alpha value is -1.81. The average Bonchev–Trinajstić information content (AvgIpc) is 2.61. The summed E-state index contributed by atoms with van der Waals surface area (Å²) in [4.78, 5) is 47.5. The van der Waals surface area contributed by atoms with Crippen LogP contribution in [-0.2, 0) is 19.2 Å². The van der Waals surface area contributed by atoms with E-state index in [1.165, 1.54) is 18.7 Å². The van der Waals surface area contributed by atoms with Crippen molar-refractivity contribution < 1.29 is 24.3 Å². The van der Waals surface area contributed by atoms with Crippen molar-refractivity contribution in [3.8, 4) is 0 Å². The highest BCUT2D eigenvalue weighted by Gasteiger charge is 2.30. The third-order valence-electron chi connectivity index (χ3n) is 3.97. The largest absolute Gasteiger partial charge is 0.480 e. The van der Waals surface area contributed by atoms with E-state index in [0.29, 0.717) is 18.6 Å². The normalized spacial score (nSPS) is 15.3. The predicted octanol–water partition coefficient (Wildman–Crippen LogP) is -0.697. The van der Waals surface area contributed by atoms with Gasteiger partial charge in [0.15, 0.2) is 0 Å². The van der Waals surface area contributed by atoms with Crippen LogP contribution in [0.2, 0.25) is 0 Å². The van der Waals surface area contributed by atoms with Crippen LogP contribution in [0.3, 0.4) is 0 Å². The SMILES string of the molecule is CCC(C)C(NC(=O)C(CCSC)NC(=O)CN)C(=O)NC(C)C(=O)O. The maximum Gasteiger partial charge on any atom is 0.325 e. The van der Waals surface area contributed by atoms with Crippen molar-refractivity contribution >= 4 is 35.5 Å². The first-order chi connectivity index (χ1) is 12.2. The quantitative estimate of drug-likeness (QED) is 0.296. The minimum atomic E-state index is -1.17. The first-order valence-electron chi connectivity index (χ1n) is 8.49. The molecule has 10 heteroatoms. The van der Waals surface area contributed by atoms with Gasteiger partial charge in [0.25, 0.3) is 0 Å². The maximum absolute atomic E-state index is 12.6. The number of amides is 3. The minimum Gasteiger partial charge on any atom is -0.480 e. The highest BCUT2D eigenvalue weighted by atomic mass is 32.2. The molecule has 0 aromatic rings. The maximum atomic E-state index is 12.6. The number of carboxylic acids is 1. The number of carbonyl (C=O) groups excluding carboxylic acids is 3. The van der Waals surface area contributed by atoms with Gasteiger partial charge < -0.3 is 26.8 Å². The zero-order valence-electron chi connectivity index (χ0n) is 15.7. The Labute approximate surface area is 158 Å². The Balaban J connectivity index is 5.19. The first-order valence-corrected chi connectivity index (χ1v) is 9.89. The monoisotopic (exact) mass is 390 g/mol. The Kier molecular flexibility index (Phi) is 11.7. The lowest BCUT2D eigenvalue weighted by molar-refractivity contribution is -0.142. The summed E-state index contributed by atoms with van der Waals surface area (Å²) in [5.41, 5.74) is 5.28. The molecule has 3 amide bonds. The van der Waals surface area contributed by atoms with E-state index in [0.717, 1.165) is 0 Å². The van der Waals surface area contributed by atoms with Crippen LogP contribution in [0.4, 0.5) is 0 Å². The molecule has 150 valence electrons. The van der Waals surface area contributed by atoms with Gasteiger partial charge in [0.1, 0.15) is 18.1 Å². The van der Waals surface area contributed by atoms with Crippen molar-refractivity contribution in [3.05, 3.63) is 0 Å². The van der Waals surface area contributed by atoms with Gasteiger partial charge in [0.2, 0.25) is 17.7 Å². The van der Waals surface area contributed by atoms with Crippen LogP contribution in [0.1, 0.15) is 33.6 Å². The summed E-state index contributed by atoms with van der Waals surface area (Å²) in [7, 11) is 0. The van der Waals surface area contributed by atoms with Crippen molar-refractivity contribution in [2.24, 2.45) is 11.7 Å². The summed E-state index contributed by atoms with van der Waals surface area (Å²) in [6.45, 7) is 4.75. The lowest BCUT2D eigenvalue weighted by Crippen LogP contribution is -2.57. The molecule has 0 spiro atoms. The summed E-state index contributed by atoms with van der Waals surface area (Å²) in [5, 5.41) is 16.5. The van der Waals surface area contributed by atoms with Crippen molar-refractivity contribution in [1.29, 1.82) is 0 Å². The molecule has 0 aliphatic heterocycles. The molecule has 4 atom stereocenters. The molecule has 0 saturated heterocycles. The second-order valence-electron chi connectivity index (χ2n) is 6.05. The van der Waals surface area contributed by atoms with E-state index in [1.807, 2.05) is 13.2 Å². The molecule has 0 radical (unpaired) electrons. The average molecular weight is 391 g/mol. The second kappa shape index (κ2) is 12.5. The molecule has 0 bridgehead atoms. The molecular weight excluding hydrogens is 360 g/mol. The molecule has 0 heterocycles. The molecule has 26 heavy (non-hydrogen) atoms. The van der Waals surface area contributed by atoms with Crippen LogP contribution < -0.4 is 21.7 Å². The zero-order valence-corrected chi connectivity index (χ0v) is 16.5. The topological polar surface area (TPSA) is 151 Å². The molecule has 9 nitrogen and oxygen atoms in total. The molecule has 0 fully saturated rings. The lowest BCUT2D eigenvalue weighted by Gasteiger charge is -2.27.